The zero-order valence-electron chi connectivity index (χ0n) is 17.2. The molecule has 1 aromatic carbocycles. The van der Waals surface area contributed by atoms with Gasteiger partial charge in [0.15, 0.2) is 6.61 Å². The Bertz CT molecular complexity index is 1050. The summed E-state index contributed by atoms with van der Waals surface area (Å²) in [5, 5.41) is 3.52. The Morgan fingerprint density at radius 2 is 1.69 bits per heavy atom. The van der Waals surface area contributed by atoms with E-state index in [9.17, 15) is 9.59 Å². The van der Waals surface area contributed by atoms with Gasteiger partial charge in [0, 0.05) is 16.3 Å². The van der Waals surface area contributed by atoms with E-state index in [-0.39, 0.29) is 6.61 Å². The van der Waals surface area contributed by atoms with Crippen LogP contribution in [0, 0.1) is 27.7 Å². The number of hydrogen-bond acceptors (Lipinski definition) is 5. The van der Waals surface area contributed by atoms with Gasteiger partial charge in [-0.3, -0.25) is 4.79 Å². The molecule has 0 fully saturated rings. The lowest BCUT2D eigenvalue weighted by molar-refractivity contribution is -0.119. The second-order valence-electron chi connectivity index (χ2n) is 6.74. The normalized spacial score (nSPS) is 10.7. The molecule has 0 saturated carbocycles. The van der Waals surface area contributed by atoms with E-state index in [4.69, 9.17) is 9.47 Å². The highest BCUT2D eigenvalue weighted by Gasteiger charge is 2.24. The van der Waals surface area contributed by atoms with Crippen LogP contribution in [-0.2, 0) is 9.53 Å². The molecule has 0 saturated heterocycles. The maximum atomic E-state index is 12.9. The first-order valence-electron chi connectivity index (χ1n) is 9.18. The molecule has 1 N–H and O–H groups in total. The van der Waals surface area contributed by atoms with Crippen LogP contribution in [0.4, 0.5) is 5.69 Å². The van der Waals surface area contributed by atoms with Gasteiger partial charge in [0.05, 0.1) is 18.4 Å². The summed E-state index contributed by atoms with van der Waals surface area (Å²) in [6, 6.07) is 11.1. The number of benzene rings is 1. The number of methoxy groups -OCH3 is 1. The number of amides is 1. The summed E-state index contributed by atoms with van der Waals surface area (Å²) in [7, 11) is 1.53. The average Bonchev–Trinajstić information content (AvgIpc) is 3.18. The summed E-state index contributed by atoms with van der Waals surface area (Å²) in [4.78, 5) is 26.2. The standard InChI is InChI=1S/C22H24N2O4S/c1-13-10-11-14(2)24(13)21-20(15(3)16(4)29-21)22(26)28-12-19(25)23-17-8-6-7-9-18(17)27-5/h6-11H,12H2,1-5H3,(H,23,25). The van der Waals surface area contributed by atoms with Gasteiger partial charge in [-0.15, -0.1) is 11.3 Å². The summed E-state index contributed by atoms with van der Waals surface area (Å²) in [5.74, 6) is -0.399. The van der Waals surface area contributed by atoms with Crippen molar-refractivity contribution in [2.45, 2.75) is 27.7 Å². The van der Waals surface area contributed by atoms with E-state index in [1.165, 1.54) is 7.11 Å². The van der Waals surface area contributed by atoms with Crippen LogP contribution in [0.2, 0.25) is 0 Å². The van der Waals surface area contributed by atoms with Crippen molar-refractivity contribution in [1.82, 2.24) is 4.57 Å². The largest absolute Gasteiger partial charge is 0.495 e. The number of aryl methyl sites for hydroxylation is 3. The fourth-order valence-corrected chi connectivity index (χ4v) is 4.40. The van der Waals surface area contributed by atoms with Crippen LogP contribution in [0.25, 0.3) is 5.00 Å². The molecule has 0 aliphatic rings. The minimum atomic E-state index is -0.510. The third kappa shape index (κ3) is 4.19. The van der Waals surface area contributed by atoms with Gasteiger partial charge < -0.3 is 19.4 Å². The second kappa shape index (κ2) is 8.53. The molecular formula is C22H24N2O4S. The van der Waals surface area contributed by atoms with Crippen LogP contribution in [0.1, 0.15) is 32.2 Å². The molecule has 1 amide bonds. The number of ether oxygens (including phenoxy) is 2. The van der Waals surface area contributed by atoms with Gasteiger partial charge in [0.25, 0.3) is 5.91 Å². The van der Waals surface area contributed by atoms with Crippen LogP contribution in [0.15, 0.2) is 36.4 Å². The van der Waals surface area contributed by atoms with E-state index < -0.39 is 11.9 Å². The van der Waals surface area contributed by atoms with Crippen LogP contribution in [0.5, 0.6) is 5.75 Å². The fraction of sp³-hybridized carbons (Fsp3) is 0.273. The monoisotopic (exact) mass is 412 g/mol. The summed E-state index contributed by atoms with van der Waals surface area (Å²) in [6.45, 7) is 7.48. The highest BCUT2D eigenvalue weighted by Crippen LogP contribution is 2.33. The van der Waals surface area contributed by atoms with Crippen LogP contribution < -0.4 is 10.1 Å². The van der Waals surface area contributed by atoms with Gasteiger partial charge >= 0.3 is 5.97 Å². The Morgan fingerprint density at radius 3 is 2.34 bits per heavy atom. The lowest BCUT2D eigenvalue weighted by atomic mass is 10.1. The average molecular weight is 413 g/mol. The number of rotatable bonds is 6. The highest BCUT2D eigenvalue weighted by atomic mass is 32.1. The minimum absolute atomic E-state index is 0.381. The Balaban J connectivity index is 1.77. The molecule has 29 heavy (non-hydrogen) atoms. The lowest BCUT2D eigenvalue weighted by Crippen LogP contribution is -2.22. The molecule has 6 nitrogen and oxygen atoms in total. The Morgan fingerprint density at radius 1 is 1.03 bits per heavy atom. The van der Waals surface area contributed by atoms with E-state index in [1.54, 1.807) is 29.5 Å². The summed E-state index contributed by atoms with van der Waals surface area (Å²) in [5.41, 5.74) is 3.96. The maximum Gasteiger partial charge on any atom is 0.341 e. The molecule has 2 aromatic heterocycles. The van der Waals surface area contributed by atoms with Gasteiger partial charge in [-0.05, 0) is 57.5 Å². The predicted molar refractivity (Wildman–Crippen MR) is 115 cm³/mol. The summed E-state index contributed by atoms with van der Waals surface area (Å²) in [6.07, 6.45) is 0. The van der Waals surface area contributed by atoms with Gasteiger partial charge in [-0.1, -0.05) is 12.1 Å². The molecule has 0 bridgehead atoms. The van der Waals surface area contributed by atoms with Crippen molar-refractivity contribution in [2.24, 2.45) is 0 Å². The number of nitrogens with one attached hydrogen (secondary N) is 1. The van der Waals surface area contributed by atoms with Crippen molar-refractivity contribution in [3.63, 3.8) is 0 Å². The number of anilines is 1. The number of para-hydroxylation sites is 2. The van der Waals surface area contributed by atoms with Gasteiger partial charge in [0.1, 0.15) is 10.8 Å². The Labute approximate surface area is 174 Å². The number of aromatic nitrogens is 1. The van der Waals surface area contributed by atoms with Crippen molar-refractivity contribution < 1.29 is 19.1 Å². The number of carbonyl (C=O) groups excluding carboxylic acids is 2. The fourth-order valence-electron chi connectivity index (χ4n) is 3.13. The van der Waals surface area contributed by atoms with E-state index in [0.717, 1.165) is 26.8 Å². The molecule has 0 spiro atoms. The molecule has 0 aliphatic heterocycles. The number of thiophene rings is 1. The van der Waals surface area contributed by atoms with Crippen molar-refractivity contribution in [1.29, 1.82) is 0 Å². The Hall–Kier alpha value is -3.06. The SMILES string of the molecule is COc1ccccc1NC(=O)COC(=O)c1c(-n2c(C)ccc2C)sc(C)c1C. The van der Waals surface area contributed by atoms with Gasteiger partial charge in [-0.25, -0.2) is 4.79 Å². The van der Waals surface area contributed by atoms with Crippen LogP contribution in [0.3, 0.4) is 0 Å². The zero-order valence-corrected chi connectivity index (χ0v) is 18.0. The number of hydrogen-bond donors (Lipinski definition) is 1. The van der Waals surface area contributed by atoms with Crippen molar-refractivity contribution in [2.75, 3.05) is 19.0 Å². The molecule has 7 heteroatoms. The second-order valence-corrected chi connectivity index (χ2v) is 7.94. The zero-order chi connectivity index (χ0) is 21.1. The molecule has 2 heterocycles. The van der Waals surface area contributed by atoms with Crippen LogP contribution >= 0.6 is 11.3 Å². The first-order chi connectivity index (χ1) is 13.8. The third-order valence-corrected chi connectivity index (χ3v) is 5.95. The lowest BCUT2D eigenvalue weighted by Gasteiger charge is -2.12. The quantitative estimate of drug-likeness (QED) is 0.602. The molecule has 0 aliphatic carbocycles. The van der Waals surface area contributed by atoms with E-state index in [2.05, 4.69) is 5.32 Å². The van der Waals surface area contributed by atoms with Crippen LogP contribution in [-0.4, -0.2) is 30.2 Å². The maximum absolute atomic E-state index is 12.9. The van der Waals surface area contributed by atoms with E-state index >= 15 is 0 Å². The number of esters is 1. The van der Waals surface area contributed by atoms with Crippen molar-refractivity contribution in [3.8, 4) is 10.8 Å². The molecular weight excluding hydrogens is 388 g/mol. The minimum Gasteiger partial charge on any atom is -0.495 e. The molecule has 0 unspecified atom stereocenters. The first-order valence-corrected chi connectivity index (χ1v) is 10.0. The Kier molecular flexibility index (Phi) is 6.08. The summed E-state index contributed by atoms with van der Waals surface area (Å²) >= 11 is 1.54. The third-order valence-electron chi connectivity index (χ3n) is 4.76. The molecule has 0 atom stereocenters. The molecule has 3 rings (SSSR count). The number of nitrogens with zero attached hydrogens (tertiary/aromatic N) is 1. The van der Waals surface area contributed by atoms with Crippen molar-refractivity contribution >= 4 is 28.9 Å². The predicted octanol–water partition coefficient (Wildman–Crippen LogP) is 4.58. The van der Waals surface area contributed by atoms with E-state index in [1.807, 2.05) is 50.5 Å². The first kappa shape index (κ1) is 20.7. The highest BCUT2D eigenvalue weighted by molar-refractivity contribution is 7.15. The van der Waals surface area contributed by atoms with Crippen molar-refractivity contribution in [3.05, 3.63) is 63.8 Å². The topological polar surface area (TPSA) is 69.6 Å². The number of carbonyl (C=O) groups is 2. The molecule has 3 aromatic rings. The van der Waals surface area contributed by atoms with Gasteiger partial charge in [-0.2, -0.15) is 0 Å². The van der Waals surface area contributed by atoms with Gasteiger partial charge in [0.2, 0.25) is 0 Å². The molecule has 152 valence electrons. The van der Waals surface area contributed by atoms with E-state index in [0.29, 0.717) is 17.0 Å². The summed E-state index contributed by atoms with van der Waals surface area (Å²) < 4.78 is 12.6. The smallest absolute Gasteiger partial charge is 0.341 e. The molecule has 0 radical (unpaired) electrons.